The van der Waals surface area contributed by atoms with Crippen molar-refractivity contribution in [3.05, 3.63) is 82.8 Å². The lowest BCUT2D eigenvalue weighted by molar-refractivity contribution is -0.385. The average Bonchev–Trinajstić information content (AvgIpc) is 2.74. The van der Waals surface area contributed by atoms with Crippen molar-refractivity contribution in [1.82, 2.24) is 15.0 Å². The van der Waals surface area contributed by atoms with Crippen molar-refractivity contribution >= 4 is 33.9 Å². The minimum absolute atomic E-state index is 0.0335. The molecule has 4 rings (SSSR count). The zero-order valence-corrected chi connectivity index (χ0v) is 15.8. The summed E-state index contributed by atoms with van der Waals surface area (Å²) in [6, 6.07) is 15.5. The molecule has 0 saturated heterocycles. The summed E-state index contributed by atoms with van der Waals surface area (Å²) in [6.45, 7) is 1.46. The number of Topliss-reactive ketones (excluding diaryl/α,β-unsaturated/α-hetero) is 1. The van der Waals surface area contributed by atoms with Crippen LogP contribution in [-0.4, -0.2) is 25.7 Å². The number of nitro groups is 1. The third kappa shape index (κ3) is 3.76. The molecule has 9 nitrogen and oxygen atoms in total. The first kappa shape index (κ1) is 18.9. The van der Waals surface area contributed by atoms with E-state index in [0.29, 0.717) is 22.5 Å². The molecule has 30 heavy (non-hydrogen) atoms. The largest absolute Gasteiger partial charge is 0.431 e. The van der Waals surface area contributed by atoms with Gasteiger partial charge >= 0.3 is 11.6 Å². The quantitative estimate of drug-likeness (QED) is 0.281. The smallest absolute Gasteiger partial charge is 0.373 e. The summed E-state index contributed by atoms with van der Waals surface area (Å²) in [6.07, 6.45) is 2.79. The van der Waals surface area contributed by atoms with Crippen molar-refractivity contribution in [2.24, 2.45) is 0 Å². The number of hydrogen-bond acceptors (Lipinski definition) is 8. The highest BCUT2D eigenvalue weighted by atomic mass is 16.6. The normalized spacial score (nSPS) is 10.6. The Labute approximate surface area is 170 Å². The van der Waals surface area contributed by atoms with Crippen molar-refractivity contribution in [3.8, 4) is 11.6 Å². The molecule has 9 heteroatoms. The topological polar surface area (TPSA) is 120 Å². The fourth-order valence-electron chi connectivity index (χ4n) is 2.88. The molecule has 4 aromatic rings. The predicted molar refractivity (Wildman–Crippen MR) is 110 cm³/mol. The number of anilines is 2. The molecule has 0 aliphatic heterocycles. The number of benzene rings is 2. The highest BCUT2D eigenvalue weighted by Gasteiger charge is 2.26. The Bertz CT molecular complexity index is 1250. The van der Waals surface area contributed by atoms with Gasteiger partial charge in [-0.05, 0) is 43.3 Å². The molecule has 1 N–H and O–H groups in total. The fraction of sp³-hybridized carbons (Fsp3) is 0.0476. The van der Waals surface area contributed by atoms with E-state index in [1.165, 1.54) is 13.3 Å². The van der Waals surface area contributed by atoms with E-state index < -0.39 is 10.6 Å². The molecule has 0 fully saturated rings. The maximum absolute atomic E-state index is 11.8. The standard InChI is InChI=1S/C21H15N5O4/c1-13(27)14-7-9-16(10-8-14)25-20-19(26(28)29)21(24-12-23-20)30-17-6-2-4-15-5-3-11-22-18(15)17/h2-12H,1H3,(H,23,24,25). The number of hydrogen-bond donors (Lipinski definition) is 1. The molecule has 0 atom stereocenters. The van der Waals surface area contributed by atoms with Crippen LogP contribution in [0.25, 0.3) is 10.9 Å². The zero-order valence-electron chi connectivity index (χ0n) is 15.8. The van der Waals surface area contributed by atoms with Crippen molar-refractivity contribution < 1.29 is 14.5 Å². The number of aromatic nitrogens is 3. The lowest BCUT2D eigenvalue weighted by atomic mass is 10.1. The number of para-hydroxylation sites is 1. The second kappa shape index (κ2) is 7.92. The first-order valence-electron chi connectivity index (χ1n) is 8.92. The zero-order chi connectivity index (χ0) is 21.1. The van der Waals surface area contributed by atoms with Gasteiger partial charge in [0, 0.05) is 22.8 Å². The van der Waals surface area contributed by atoms with Gasteiger partial charge in [-0.15, -0.1) is 0 Å². The van der Waals surface area contributed by atoms with Gasteiger partial charge in [0.15, 0.2) is 11.5 Å². The van der Waals surface area contributed by atoms with Crippen molar-refractivity contribution in [3.63, 3.8) is 0 Å². The average molecular weight is 401 g/mol. The van der Waals surface area contributed by atoms with E-state index in [0.717, 1.165) is 5.39 Å². The van der Waals surface area contributed by atoms with Gasteiger partial charge in [0.2, 0.25) is 5.82 Å². The Morgan fingerprint density at radius 2 is 1.80 bits per heavy atom. The number of rotatable bonds is 6. The Morgan fingerprint density at radius 3 is 2.53 bits per heavy atom. The highest BCUT2D eigenvalue weighted by Crippen LogP contribution is 2.37. The summed E-state index contributed by atoms with van der Waals surface area (Å²) in [7, 11) is 0. The van der Waals surface area contributed by atoms with Crippen LogP contribution in [0.4, 0.5) is 17.2 Å². The second-order valence-corrected chi connectivity index (χ2v) is 6.33. The van der Waals surface area contributed by atoms with Gasteiger partial charge in [0.1, 0.15) is 11.8 Å². The van der Waals surface area contributed by atoms with Crippen LogP contribution in [0.3, 0.4) is 0 Å². The van der Waals surface area contributed by atoms with E-state index in [1.807, 2.05) is 12.1 Å². The van der Waals surface area contributed by atoms with E-state index in [9.17, 15) is 14.9 Å². The van der Waals surface area contributed by atoms with Crippen LogP contribution in [0, 0.1) is 10.1 Å². The third-order valence-corrected chi connectivity index (χ3v) is 4.33. The SMILES string of the molecule is CC(=O)c1ccc(Nc2ncnc(Oc3cccc4cccnc34)c2[N+](=O)[O-])cc1. The number of ether oxygens (including phenoxy) is 1. The number of ketones is 1. The molecule has 148 valence electrons. The lowest BCUT2D eigenvalue weighted by Gasteiger charge is -2.10. The van der Waals surface area contributed by atoms with E-state index in [1.54, 1.807) is 48.7 Å². The number of carbonyl (C=O) groups is 1. The van der Waals surface area contributed by atoms with Gasteiger partial charge in [0.05, 0.1) is 4.92 Å². The monoisotopic (exact) mass is 401 g/mol. The molecular formula is C21H15N5O4. The minimum atomic E-state index is -0.611. The molecule has 0 amide bonds. The van der Waals surface area contributed by atoms with Crippen molar-refractivity contribution in [2.75, 3.05) is 5.32 Å². The van der Waals surface area contributed by atoms with E-state index in [4.69, 9.17) is 4.74 Å². The lowest BCUT2D eigenvalue weighted by Crippen LogP contribution is -2.04. The Kier molecular flexibility index (Phi) is 5.00. The molecule has 0 unspecified atom stereocenters. The molecule has 0 bridgehead atoms. The number of carbonyl (C=O) groups excluding carboxylic acids is 1. The first-order chi connectivity index (χ1) is 14.5. The van der Waals surface area contributed by atoms with Crippen molar-refractivity contribution in [1.29, 1.82) is 0 Å². The van der Waals surface area contributed by atoms with Crippen LogP contribution in [0.1, 0.15) is 17.3 Å². The van der Waals surface area contributed by atoms with E-state index in [-0.39, 0.29) is 17.5 Å². The molecule has 0 radical (unpaired) electrons. The van der Waals surface area contributed by atoms with Crippen LogP contribution in [0.15, 0.2) is 67.1 Å². The van der Waals surface area contributed by atoms with Crippen LogP contribution in [-0.2, 0) is 0 Å². The van der Waals surface area contributed by atoms with Crippen LogP contribution >= 0.6 is 0 Å². The maximum atomic E-state index is 11.8. The van der Waals surface area contributed by atoms with Crippen LogP contribution in [0.2, 0.25) is 0 Å². The van der Waals surface area contributed by atoms with Gasteiger partial charge in [-0.1, -0.05) is 18.2 Å². The summed E-state index contributed by atoms with van der Waals surface area (Å²) in [4.78, 5) is 34.8. The van der Waals surface area contributed by atoms with E-state index in [2.05, 4.69) is 20.3 Å². The number of pyridine rings is 1. The van der Waals surface area contributed by atoms with Gasteiger partial charge in [0.25, 0.3) is 0 Å². The van der Waals surface area contributed by atoms with Gasteiger partial charge in [-0.25, -0.2) is 4.98 Å². The fourth-order valence-corrected chi connectivity index (χ4v) is 2.88. The minimum Gasteiger partial charge on any atom is -0.431 e. The molecule has 0 aliphatic rings. The first-order valence-corrected chi connectivity index (χ1v) is 8.92. The summed E-state index contributed by atoms with van der Waals surface area (Å²) in [5, 5.41) is 15.5. The molecule has 2 aromatic heterocycles. The molecule has 0 saturated carbocycles. The van der Waals surface area contributed by atoms with E-state index >= 15 is 0 Å². The van der Waals surface area contributed by atoms with Gasteiger partial charge in [-0.2, -0.15) is 4.98 Å². The molecule has 2 aromatic carbocycles. The van der Waals surface area contributed by atoms with Crippen LogP contribution in [0.5, 0.6) is 11.6 Å². The Balaban J connectivity index is 1.71. The summed E-state index contributed by atoms with van der Waals surface area (Å²) < 4.78 is 5.77. The molecule has 0 aliphatic carbocycles. The Hall–Kier alpha value is -4.40. The number of nitrogens with one attached hydrogen (secondary N) is 1. The predicted octanol–water partition coefficient (Wildman–Crippen LogP) is 4.67. The van der Waals surface area contributed by atoms with Gasteiger partial charge < -0.3 is 10.1 Å². The van der Waals surface area contributed by atoms with Gasteiger partial charge in [-0.3, -0.25) is 19.9 Å². The summed E-state index contributed by atoms with van der Waals surface area (Å²) >= 11 is 0. The van der Waals surface area contributed by atoms with Crippen LogP contribution < -0.4 is 10.1 Å². The molecule has 2 heterocycles. The molecule has 0 spiro atoms. The van der Waals surface area contributed by atoms with Crippen molar-refractivity contribution in [2.45, 2.75) is 6.92 Å². The number of nitrogens with zero attached hydrogens (tertiary/aromatic N) is 4. The number of fused-ring (bicyclic) bond motifs is 1. The molecular weight excluding hydrogens is 386 g/mol. The third-order valence-electron chi connectivity index (χ3n) is 4.33. The maximum Gasteiger partial charge on any atom is 0.373 e. The summed E-state index contributed by atoms with van der Waals surface area (Å²) in [5.41, 5.74) is 1.20. The summed E-state index contributed by atoms with van der Waals surface area (Å²) in [5.74, 6) is 0.0189. The highest BCUT2D eigenvalue weighted by molar-refractivity contribution is 5.94. The Morgan fingerprint density at radius 1 is 1.03 bits per heavy atom. The second-order valence-electron chi connectivity index (χ2n) is 6.33.